The van der Waals surface area contributed by atoms with Crippen molar-refractivity contribution < 1.29 is 28.5 Å². The largest absolute Gasteiger partial charge is 0.473 e. The predicted octanol–water partition coefficient (Wildman–Crippen LogP) is 5.32. The van der Waals surface area contributed by atoms with Crippen LogP contribution < -0.4 is 9.64 Å². The monoisotopic (exact) mass is 523 g/mol. The molecule has 2 amide bonds. The molecule has 0 unspecified atom stereocenters. The molecule has 3 aromatic heterocycles. The van der Waals surface area contributed by atoms with Crippen LogP contribution in [0, 0.1) is 0 Å². The summed E-state index contributed by atoms with van der Waals surface area (Å²) in [7, 11) is 0. The molecule has 0 bridgehead atoms. The van der Waals surface area contributed by atoms with Crippen molar-refractivity contribution in [3.8, 4) is 17.1 Å². The summed E-state index contributed by atoms with van der Waals surface area (Å²) < 4.78 is 22.5. The van der Waals surface area contributed by atoms with Crippen molar-refractivity contribution in [3.05, 3.63) is 36.9 Å². The molecule has 0 N–H and O–H groups in total. The lowest BCUT2D eigenvalue weighted by Crippen LogP contribution is -2.43. The summed E-state index contributed by atoms with van der Waals surface area (Å²) >= 11 is 0. The van der Waals surface area contributed by atoms with Gasteiger partial charge in [0.1, 0.15) is 23.6 Å². The Labute approximate surface area is 221 Å². The van der Waals surface area contributed by atoms with Crippen molar-refractivity contribution >= 4 is 28.9 Å². The third-order valence-electron chi connectivity index (χ3n) is 5.32. The maximum Gasteiger partial charge on any atom is 0.424 e. The van der Waals surface area contributed by atoms with Gasteiger partial charge in [-0.1, -0.05) is 0 Å². The van der Waals surface area contributed by atoms with Gasteiger partial charge in [-0.05, 0) is 59.7 Å². The number of ether oxygens (including phenoxy) is 4. The van der Waals surface area contributed by atoms with Crippen molar-refractivity contribution in [2.75, 3.05) is 18.1 Å². The molecule has 3 aromatic rings. The molecular weight excluding hydrogens is 490 g/mol. The van der Waals surface area contributed by atoms with Gasteiger partial charge in [-0.25, -0.2) is 19.6 Å². The number of nitrogens with zero attached hydrogens (tertiary/aromatic N) is 5. The smallest absolute Gasteiger partial charge is 0.424 e. The van der Waals surface area contributed by atoms with Crippen LogP contribution in [0.5, 0.6) is 5.88 Å². The van der Waals surface area contributed by atoms with Gasteiger partial charge in [0.25, 0.3) is 0 Å². The van der Waals surface area contributed by atoms with Crippen LogP contribution in [-0.4, -0.2) is 62.6 Å². The number of carbonyl (C=O) groups excluding carboxylic acids is 2. The van der Waals surface area contributed by atoms with E-state index in [0.29, 0.717) is 41.4 Å². The van der Waals surface area contributed by atoms with E-state index in [9.17, 15) is 9.59 Å². The number of rotatable bonds is 4. The van der Waals surface area contributed by atoms with Gasteiger partial charge in [0, 0.05) is 24.6 Å². The van der Waals surface area contributed by atoms with Crippen LogP contribution in [0.15, 0.2) is 36.9 Å². The lowest BCUT2D eigenvalue weighted by atomic mass is 10.1. The molecule has 38 heavy (non-hydrogen) atoms. The third kappa shape index (κ3) is 6.91. The van der Waals surface area contributed by atoms with E-state index in [0.717, 1.165) is 17.7 Å². The number of carbonyl (C=O) groups is 2. The number of pyridine rings is 2. The topological polar surface area (TPSA) is 126 Å². The molecule has 4 rings (SSSR count). The van der Waals surface area contributed by atoms with Gasteiger partial charge >= 0.3 is 12.2 Å². The second-order valence-electron chi connectivity index (χ2n) is 10.9. The number of aromatic nitrogens is 4. The first-order chi connectivity index (χ1) is 17.9. The second kappa shape index (κ2) is 10.9. The fourth-order valence-electron chi connectivity index (χ4n) is 3.71. The summed E-state index contributed by atoms with van der Waals surface area (Å²) in [5.41, 5.74) is 0.730. The summed E-state index contributed by atoms with van der Waals surface area (Å²) in [5.74, 6) is 0.386. The Kier molecular flexibility index (Phi) is 7.77. The Bertz CT molecular complexity index is 1280. The molecule has 1 aliphatic rings. The number of imide groups is 1. The summed E-state index contributed by atoms with van der Waals surface area (Å²) in [6.45, 7) is 11.6. The first kappa shape index (κ1) is 27.2. The highest BCUT2D eigenvalue weighted by Gasteiger charge is 2.33. The molecule has 1 fully saturated rings. The zero-order valence-corrected chi connectivity index (χ0v) is 22.6. The minimum atomic E-state index is -0.877. The number of anilines is 1. The standard InChI is InChI=1S/C27H33N5O6/c1-26(2,3)37-24(33)32(25(34)38-27(4,5)6)18-13-17(14-28-15-18)20-7-8-21-22(31-20)23(30-16-29-21)36-19-9-11-35-12-10-19/h7-8,13-16,19H,9-12H2,1-6H3. The van der Waals surface area contributed by atoms with E-state index in [-0.39, 0.29) is 11.8 Å². The Hall–Kier alpha value is -3.86. The number of fused-ring (bicyclic) bond motifs is 1. The number of hydrogen-bond acceptors (Lipinski definition) is 10. The zero-order valence-electron chi connectivity index (χ0n) is 22.6. The van der Waals surface area contributed by atoms with E-state index < -0.39 is 23.4 Å². The van der Waals surface area contributed by atoms with Crippen LogP contribution in [0.3, 0.4) is 0 Å². The SMILES string of the molecule is CC(C)(C)OC(=O)N(C(=O)OC(C)(C)C)c1cncc(-c2ccc3ncnc(OC4CCOCC4)c3n2)c1. The quantitative estimate of drug-likeness (QED) is 0.443. The Balaban J connectivity index is 1.70. The molecule has 1 saturated heterocycles. The van der Waals surface area contributed by atoms with Crippen molar-refractivity contribution in [1.82, 2.24) is 19.9 Å². The van der Waals surface area contributed by atoms with Gasteiger partial charge in [-0.3, -0.25) is 4.98 Å². The van der Waals surface area contributed by atoms with Crippen LogP contribution in [0.2, 0.25) is 0 Å². The van der Waals surface area contributed by atoms with E-state index in [1.54, 1.807) is 59.9 Å². The van der Waals surface area contributed by atoms with Crippen LogP contribution in [0.25, 0.3) is 22.3 Å². The molecule has 11 nitrogen and oxygen atoms in total. The Morgan fingerprint density at radius 1 is 0.947 bits per heavy atom. The van der Waals surface area contributed by atoms with Gasteiger partial charge in [0.2, 0.25) is 5.88 Å². The first-order valence-corrected chi connectivity index (χ1v) is 12.5. The molecule has 0 atom stereocenters. The maximum absolute atomic E-state index is 13.1. The highest BCUT2D eigenvalue weighted by Crippen LogP contribution is 2.29. The van der Waals surface area contributed by atoms with Crippen LogP contribution in [0.4, 0.5) is 15.3 Å². The van der Waals surface area contributed by atoms with Gasteiger partial charge in [0.15, 0.2) is 5.52 Å². The predicted molar refractivity (Wildman–Crippen MR) is 140 cm³/mol. The molecule has 4 heterocycles. The molecule has 1 aliphatic heterocycles. The van der Waals surface area contributed by atoms with Gasteiger partial charge < -0.3 is 18.9 Å². The third-order valence-corrected chi connectivity index (χ3v) is 5.32. The molecule has 0 aromatic carbocycles. The zero-order chi connectivity index (χ0) is 27.5. The molecule has 11 heteroatoms. The molecule has 202 valence electrons. The number of hydrogen-bond donors (Lipinski definition) is 0. The number of amides is 2. The van der Waals surface area contributed by atoms with E-state index in [4.69, 9.17) is 23.9 Å². The van der Waals surface area contributed by atoms with Crippen LogP contribution >= 0.6 is 0 Å². The molecule has 0 aliphatic carbocycles. The minimum absolute atomic E-state index is 0.0199. The lowest BCUT2D eigenvalue weighted by Gasteiger charge is -2.28. The average Bonchev–Trinajstić information content (AvgIpc) is 2.83. The summed E-state index contributed by atoms with van der Waals surface area (Å²) in [6, 6.07) is 5.21. The highest BCUT2D eigenvalue weighted by molar-refractivity contribution is 6.09. The average molecular weight is 524 g/mol. The summed E-state index contributed by atoms with van der Waals surface area (Å²) in [4.78, 5) is 44.6. The van der Waals surface area contributed by atoms with E-state index >= 15 is 0 Å². The fourth-order valence-corrected chi connectivity index (χ4v) is 3.71. The van der Waals surface area contributed by atoms with Crippen molar-refractivity contribution in [3.63, 3.8) is 0 Å². The molecule has 0 saturated carbocycles. The Morgan fingerprint density at radius 3 is 2.24 bits per heavy atom. The van der Waals surface area contributed by atoms with E-state index in [1.165, 1.54) is 12.5 Å². The Morgan fingerprint density at radius 2 is 1.61 bits per heavy atom. The van der Waals surface area contributed by atoms with Crippen molar-refractivity contribution in [2.45, 2.75) is 71.7 Å². The highest BCUT2D eigenvalue weighted by atomic mass is 16.6. The molecular formula is C27H33N5O6. The van der Waals surface area contributed by atoms with Crippen molar-refractivity contribution in [1.29, 1.82) is 0 Å². The molecule has 0 spiro atoms. The maximum atomic E-state index is 13.1. The van der Waals surface area contributed by atoms with Crippen molar-refractivity contribution in [2.24, 2.45) is 0 Å². The van der Waals surface area contributed by atoms with E-state index in [2.05, 4.69) is 15.0 Å². The molecule has 0 radical (unpaired) electrons. The fraction of sp³-hybridized carbons (Fsp3) is 0.481. The van der Waals surface area contributed by atoms with Gasteiger partial charge in [0.05, 0.1) is 36.3 Å². The first-order valence-electron chi connectivity index (χ1n) is 12.5. The second-order valence-corrected chi connectivity index (χ2v) is 10.9. The summed E-state index contributed by atoms with van der Waals surface area (Å²) in [5, 5.41) is 0. The minimum Gasteiger partial charge on any atom is -0.473 e. The summed E-state index contributed by atoms with van der Waals surface area (Å²) in [6.07, 6.45) is 4.18. The van der Waals surface area contributed by atoms with Crippen LogP contribution in [0.1, 0.15) is 54.4 Å². The van der Waals surface area contributed by atoms with E-state index in [1.807, 2.05) is 6.07 Å². The lowest BCUT2D eigenvalue weighted by molar-refractivity contribution is 0.0243. The van der Waals surface area contributed by atoms with Gasteiger partial charge in [-0.2, -0.15) is 9.88 Å². The normalized spacial score (nSPS) is 14.7. The van der Waals surface area contributed by atoms with Crippen LogP contribution in [-0.2, 0) is 14.2 Å². The van der Waals surface area contributed by atoms with Gasteiger partial charge in [-0.15, -0.1) is 0 Å².